The Morgan fingerprint density at radius 3 is 2.60 bits per heavy atom. The maximum absolute atomic E-state index is 13.9. The monoisotopic (exact) mass is 422 g/mol. The van der Waals surface area contributed by atoms with E-state index in [1.54, 1.807) is 0 Å². The van der Waals surface area contributed by atoms with Gasteiger partial charge < -0.3 is 5.11 Å². The van der Waals surface area contributed by atoms with Gasteiger partial charge >= 0.3 is 5.92 Å². The summed E-state index contributed by atoms with van der Waals surface area (Å²) in [6, 6.07) is 0. The standard InChI is InChI=1S/C26H40F2O2/c1-16(9-14-26(27,28)17(2)29)21-7-8-22-20-6-5-18-15-19(30)10-12-24(18,3)23(20)11-13-25(21,22)4/h10,12,16,18-23,30H,5-9,11,13-15H2,1-4H3/t16-,18?,19+,20+,21-,22+,23+,24+,25-/m1/s1. The van der Waals surface area contributed by atoms with E-state index in [0.717, 1.165) is 25.7 Å². The van der Waals surface area contributed by atoms with Gasteiger partial charge in [-0.25, -0.2) is 0 Å². The number of halogens is 2. The lowest BCUT2D eigenvalue weighted by atomic mass is 9.45. The molecule has 0 aromatic heterocycles. The van der Waals surface area contributed by atoms with Crippen LogP contribution in [0.1, 0.15) is 85.5 Å². The molecular formula is C26H40F2O2. The Kier molecular flexibility index (Phi) is 5.74. The third-order valence-corrected chi connectivity index (χ3v) is 10.4. The maximum Gasteiger partial charge on any atom is 0.304 e. The molecule has 30 heavy (non-hydrogen) atoms. The molecular weight excluding hydrogens is 382 g/mol. The molecule has 0 amide bonds. The highest BCUT2D eigenvalue weighted by Gasteiger charge is 2.60. The topological polar surface area (TPSA) is 37.3 Å². The van der Waals surface area contributed by atoms with Crippen LogP contribution in [-0.2, 0) is 4.79 Å². The fraction of sp³-hybridized carbons (Fsp3) is 0.885. The summed E-state index contributed by atoms with van der Waals surface area (Å²) in [4.78, 5) is 11.2. The van der Waals surface area contributed by atoms with Gasteiger partial charge in [0.25, 0.3) is 0 Å². The summed E-state index contributed by atoms with van der Waals surface area (Å²) in [5, 5.41) is 10.1. The zero-order chi connectivity index (χ0) is 21.9. The molecule has 4 aliphatic carbocycles. The molecule has 0 aromatic rings. The number of rotatable bonds is 5. The van der Waals surface area contributed by atoms with Crippen LogP contribution < -0.4 is 0 Å². The lowest BCUT2D eigenvalue weighted by molar-refractivity contribution is -0.142. The van der Waals surface area contributed by atoms with Gasteiger partial charge in [-0.1, -0.05) is 32.9 Å². The second-order valence-electron chi connectivity index (χ2n) is 11.7. The number of ketones is 1. The van der Waals surface area contributed by atoms with E-state index < -0.39 is 11.7 Å². The molecule has 0 heterocycles. The van der Waals surface area contributed by atoms with Gasteiger partial charge in [0, 0.05) is 13.3 Å². The summed E-state index contributed by atoms with van der Waals surface area (Å²) in [6.45, 7) is 8.02. The van der Waals surface area contributed by atoms with Gasteiger partial charge in [-0.15, -0.1) is 0 Å². The van der Waals surface area contributed by atoms with E-state index in [9.17, 15) is 18.7 Å². The van der Waals surface area contributed by atoms with E-state index in [-0.39, 0.29) is 29.3 Å². The Balaban J connectivity index is 1.49. The highest BCUT2D eigenvalue weighted by Crippen LogP contribution is 2.67. The summed E-state index contributed by atoms with van der Waals surface area (Å²) in [7, 11) is 0. The van der Waals surface area contributed by atoms with Crippen molar-refractivity contribution in [2.75, 3.05) is 0 Å². The average Bonchev–Trinajstić information content (AvgIpc) is 3.04. The van der Waals surface area contributed by atoms with Gasteiger partial charge in [-0.3, -0.25) is 4.79 Å². The van der Waals surface area contributed by atoms with E-state index in [1.165, 1.54) is 32.1 Å². The lowest BCUT2D eigenvalue weighted by Gasteiger charge is -2.59. The summed E-state index contributed by atoms with van der Waals surface area (Å²) < 4.78 is 27.8. The Morgan fingerprint density at radius 1 is 1.17 bits per heavy atom. The van der Waals surface area contributed by atoms with Crippen molar-refractivity contribution in [2.24, 2.45) is 46.3 Å². The minimum absolute atomic E-state index is 0.205. The maximum atomic E-state index is 13.9. The second kappa shape index (κ2) is 7.67. The van der Waals surface area contributed by atoms with Crippen molar-refractivity contribution in [2.45, 2.75) is 97.5 Å². The SMILES string of the molecule is CC(=O)C(F)(F)CC[C@@H](C)[C@H]1CC[C@H]2[C@@H]3CCC4C[C@@H](O)C=C[C@]4(C)[C@H]3CC[C@]12C. The molecule has 4 heteroatoms. The van der Waals surface area contributed by atoms with Crippen LogP contribution in [-0.4, -0.2) is 22.9 Å². The third kappa shape index (κ3) is 3.49. The Morgan fingerprint density at radius 2 is 1.90 bits per heavy atom. The fourth-order valence-corrected chi connectivity index (χ4v) is 8.55. The highest BCUT2D eigenvalue weighted by atomic mass is 19.3. The third-order valence-electron chi connectivity index (χ3n) is 10.4. The number of Topliss-reactive ketones (excluding diaryl/α,β-unsaturated/α-hetero) is 1. The normalized spacial score (nSPS) is 46.6. The van der Waals surface area contributed by atoms with Gasteiger partial charge in [0.05, 0.1) is 6.10 Å². The molecule has 0 bridgehead atoms. The first-order valence-electron chi connectivity index (χ1n) is 12.3. The molecule has 9 atom stereocenters. The number of fused-ring (bicyclic) bond motifs is 5. The highest BCUT2D eigenvalue weighted by molar-refractivity contribution is 5.82. The zero-order valence-electron chi connectivity index (χ0n) is 19.2. The van der Waals surface area contributed by atoms with Gasteiger partial charge in [0.1, 0.15) is 0 Å². The molecule has 3 saturated carbocycles. The van der Waals surface area contributed by atoms with Crippen LogP contribution in [0.3, 0.4) is 0 Å². The number of allylic oxidation sites excluding steroid dienone is 1. The van der Waals surface area contributed by atoms with Gasteiger partial charge in [-0.2, -0.15) is 8.78 Å². The molecule has 2 nitrogen and oxygen atoms in total. The summed E-state index contributed by atoms with van der Waals surface area (Å²) >= 11 is 0. The van der Waals surface area contributed by atoms with Gasteiger partial charge in [0.2, 0.25) is 0 Å². The first kappa shape index (κ1) is 22.4. The van der Waals surface area contributed by atoms with E-state index in [1.807, 2.05) is 6.08 Å². The molecule has 0 radical (unpaired) electrons. The van der Waals surface area contributed by atoms with Crippen LogP contribution in [0, 0.1) is 46.3 Å². The summed E-state index contributed by atoms with van der Waals surface area (Å²) in [5.41, 5.74) is 0.448. The molecule has 0 spiro atoms. The quantitative estimate of drug-likeness (QED) is 0.519. The number of aliphatic hydroxyl groups excluding tert-OH is 1. The molecule has 0 aromatic carbocycles. The summed E-state index contributed by atoms with van der Waals surface area (Å²) in [6.07, 6.45) is 12.4. The average molecular weight is 423 g/mol. The number of carbonyl (C=O) groups is 1. The number of aliphatic hydroxyl groups is 1. The van der Waals surface area contributed by atoms with Gasteiger partial charge in [-0.05, 0) is 97.7 Å². The van der Waals surface area contributed by atoms with Crippen molar-refractivity contribution in [1.29, 1.82) is 0 Å². The predicted molar refractivity (Wildman–Crippen MR) is 115 cm³/mol. The molecule has 1 unspecified atom stereocenters. The number of hydrogen-bond acceptors (Lipinski definition) is 2. The van der Waals surface area contributed by atoms with E-state index >= 15 is 0 Å². The molecule has 1 N–H and O–H groups in total. The minimum atomic E-state index is -3.17. The Hall–Kier alpha value is -0.770. The van der Waals surface area contributed by atoms with Crippen molar-refractivity contribution in [3.05, 3.63) is 12.2 Å². The molecule has 0 saturated heterocycles. The van der Waals surface area contributed by atoms with E-state index in [0.29, 0.717) is 30.1 Å². The fourth-order valence-electron chi connectivity index (χ4n) is 8.55. The molecule has 4 aliphatic rings. The van der Waals surface area contributed by atoms with Crippen molar-refractivity contribution in [3.63, 3.8) is 0 Å². The van der Waals surface area contributed by atoms with Crippen LogP contribution in [0.4, 0.5) is 8.78 Å². The van der Waals surface area contributed by atoms with Crippen molar-refractivity contribution < 1.29 is 18.7 Å². The molecule has 4 rings (SSSR count). The number of carbonyl (C=O) groups excluding carboxylic acids is 1. The Bertz CT molecular complexity index is 703. The van der Waals surface area contributed by atoms with Crippen molar-refractivity contribution in [1.82, 2.24) is 0 Å². The van der Waals surface area contributed by atoms with E-state index in [2.05, 4.69) is 26.8 Å². The second-order valence-corrected chi connectivity index (χ2v) is 11.7. The van der Waals surface area contributed by atoms with Crippen LogP contribution in [0.2, 0.25) is 0 Å². The van der Waals surface area contributed by atoms with E-state index in [4.69, 9.17) is 0 Å². The first-order chi connectivity index (χ1) is 14.0. The smallest absolute Gasteiger partial charge is 0.304 e. The largest absolute Gasteiger partial charge is 0.389 e. The van der Waals surface area contributed by atoms with Crippen molar-refractivity contribution in [3.8, 4) is 0 Å². The lowest BCUT2D eigenvalue weighted by Crippen LogP contribution is -2.53. The van der Waals surface area contributed by atoms with Crippen LogP contribution in [0.25, 0.3) is 0 Å². The van der Waals surface area contributed by atoms with Gasteiger partial charge in [0.15, 0.2) is 5.78 Å². The zero-order valence-corrected chi connectivity index (χ0v) is 19.2. The summed E-state index contributed by atoms with van der Waals surface area (Å²) in [5.74, 6) is -0.756. The van der Waals surface area contributed by atoms with Crippen LogP contribution in [0.5, 0.6) is 0 Å². The van der Waals surface area contributed by atoms with Crippen LogP contribution >= 0.6 is 0 Å². The molecule has 170 valence electrons. The number of hydrogen-bond donors (Lipinski definition) is 1. The predicted octanol–water partition coefficient (Wildman–Crippen LogP) is 6.42. The molecule has 0 aliphatic heterocycles. The first-order valence-corrected chi connectivity index (χ1v) is 12.3. The number of alkyl halides is 2. The Labute approximate surface area is 180 Å². The van der Waals surface area contributed by atoms with Crippen molar-refractivity contribution >= 4 is 5.78 Å². The van der Waals surface area contributed by atoms with Crippen LogP contribution in [0.15, 0.2) is 12.2 Å². The minimum Gasteiger partial charge on any atom is -0.389 e. The molecule has 3 fully saturated rings.